The quantitative estimate of drug-likeness (QED) is 0.765. The van der Waals surface area contributed by atoms with Gasteiger partial charge in [-0.1, -0.05) is 0 Å². The maximum atomic E-state index is 11.5. The fraction of sp³-hybridized carbons (Fsp3) is 0.692. The lowest BCUT2D eigenvalue weighted by Gasteiger charge is -2.15. The van der Waals surface area contributed by atoms with Crippen LogP contribution in [0.15, 0.2) is 0 Å². The second kappa shape index (κ2) is 6.43. The third-order valence-electron chi connectivity index (χ3n) is 3.64. The number of aromatic nitrogens is 3. The molecule has 0 bridgehead atoms. The van der Waals surface area contributed by atoms with Crippen LogP contribution in [0.1, 0.15) is 25.7 Å². The highest BCUT2D eigenvalue weighted by Gasteiger charge is 2.29. The molecule has 1 aliphatic heterocycles. The van der Waals surface area contributed by atoms with E-state index in [0.29, 0.717) is 25.0 Å². The molecule has 1 aliphatic carbocycles. The number of hydrogen-bond acceptors (Lipinski definition) is 6. The predicted octanol–water partition coefficient (Wildman–Crippen LogP) is 1.06. The largest absolute Gasteiger partial charge is 0.354 e. The minimum Gasteiger partial charge on any atom is -0.354 e. The van der Waals surface area contributed by atoms with Gasteiger partial charge < -0.3 is 15.5 Å². The molecule has 2 heterocycles. The molecule has 0 aromatic carbocycles. The number of amides is 1. The minimum atomic E-state index is 0.142. The molecule has 0 spiro atoms. The van der Waals surface area contributed by atoms with E-state index >= 15 is 0 Å². The molecule has 0 atom stereocenters. The van der Waals surface area contributed by atoms with Gasteiger partial charge in [0.25, 0.3) is 0 Å². The van der Waals surface area contributed by atoms with E-state index in [-0.39, 0.29) is 17.1 Å². The Morgan fingerprint density at radius 3 is 2.67 bits per heavy atom. The summed E-state index contributed by atoms with van der Waals surface area (Å²) in [6.07, 6.45) is 4.33. The van der Waals surface area contributed by atoms with Gasteiger partial charge in [-0.3, -0.25) is 4.79 Å². The molecule has 1 saturated carbocycles. The summed E-state index contributed by atoms with van der Waals surface area (Å²) >= 11 is 5.94. The van der Waals surface area contributed by atoms with Gasteiger partial charge in [-0.2, -0.15) is 15.0 Å². The Morgan fingerprint density at radius 1 is 1.19 bits per heavy atom. The molecule has 1 amide bonds. The molecule has 2 N–H and O–H groups in total. The highest BCUT2D eigenvalue weighted by Crippen LogP contribution is 2.28. The Bertz CT molecular complexity index is 515. The molecule has 114 valence electrons. The molecule has 0 radical (unpaired) electrons. The highest BCUT2D eigenvalue weighted by molar-refractivity contribution is 6.28. The van der Waals surface area contributed by atoms with Gasteiger partial charge in [0.15, 0.2) is 0 Å². The van der Waals surface area contributed by atoms with Crippen molar-refractivity contribution >= 4 is 29.4 Å². The Balaban J connectivity index is 1.50. The van der Waals surface area contributed by atoms with Crippen LogP contribution in [0.5, 0.6) is 0 Å². The number of hydrogen-bond donors (Lipinski definition) is 2. The molecule has 0 unspecified atom stereocenters. The van der Waals surface area contributed by atoms with Crippen molar-refractivity contribution in [2.75, 3.05) is 36.4 Å². The molecule has 2 aliphatic rings. The molecule has 2 fully saturated rings. The molecule has 1 aromatic heterocycles. The van der Waals surface area contributed by atoms with E-state index in [0.717, 1.165) is 38.8 Å². The summed E-state index contributed by atoms with van der Waals surface area (Å²) in [5, 5.41) is 6.15. The number of nitrogens with one attached hydrogen (secondary N) is 2. The molecule has 21 heavy (non-hydrogen) atoms. The lowest BCUT2D eigenvalue weighted by atomic mass is 10.4. The van der Waals surface area contributed by atoms with Crippen LogP contribution >= 0.6 is 11.6 Å². The average Bonchev–Trinajstić information content (AvgIpc) is 3.17. The van der Waals surface area contributed by atoms with Crippen LogP contribution in [0.25, 0.3) is 0 Å². The van der Waals surface area contributed by atoms with Crippen LogP contribution in [0, 0.1) is 5.92 Å². The van der Waals surface area contributed by atoms with Crippen molar-refractivity contribution < 1.29 is 4.79 Å². The first-order valence-corrected chi connectivity index (χ1v) is 7.78. The van der Waals surface area contributed by atoms with Crippen molar-refractivity contribution in [1.29, 1.82) is 0 Å². The first kappa shape index (κ1) is 14.3. The van der Waals surface area contributed by atoms with Gasteiger partial charge >= 0.3 is 0 Å². The van der Waals surface area contributed by atoms with Gasteiger partial charge in [-0.05, 0) is 37.3 Å². The summed E-state index contributed by atoms with van der Waals surface area (Å²) in [6, 6.07) is 0. The normalized spacial score (nSPS) is 17.9. The summed E-state index contributed by atoms with van der Waals surface area (Å²) < 4.78 is 0. The molecule has 3 rings (SSSR count). The van der Waals surface area contributed by atoms with Gasteiger partial charge in [0, 0.05) is 32.1 Å². The van der Waals surface area contributed by atoms with E-state index in [1.807, 2.05) is 0 Å². The van der Waals surface area contributed by atoms with Gasteiger partial charge in [-0.25, -0.2) is 0 Å². The summed E-state index contributed by atoms with van der Waals surface area (Å²) in [5.74, 6) is 1.45. The van der Waals surface area contributed by atoms with E-state index in [2.05, 4.69) is 30.5 Å². The number of carbonyl (C=O) groups excluding carboxylic acids is 1. The molecule has 1 saturated heterocycles. The fourth-order valence-corrected chi connectivity index (χ4v) is 2.48. The van der Waals surface area contributed by atoms with Crippen LogP contribution in [-0.4, -0.2) is 47.0 Å². The third kappa shape index (κ3) is 3.93. The zero-order valence-electron chi connectivity index (χ0n) is 11.8. The molecule has 1 aromatic rings. The van der Waals surface area contributed by atoms with Crippen molar-refractivity contribution in [3.63, 3.8) is 0 Å². The van der Waals surface area contributed by atoms with E-state index in [9.17, 15) is 4.79 Å². The predicted molar refractivity (Wildman–Crippen MR) is 80.5 cm³/mol. The Labute approximate surface area is 128 Å². The number of carbonyl (C=O) groups is 1. The Kier molecular flexibility index (Phi) is 4.38. The zero-order valence-corrected chi connectivity index (χ0v) is 12.6. The average molecular weight is 311 g/mol. The first-order valence-electron chi connectivity index (χ1n) is 7.40. The van der Waals surface area contributed by atoms with Crippen molar-refractivity contribution in [3.05, 3.63) is 5.28 Å². The topological polar surface area (TPSA) is 83.0 Å². The number of halogens is 1. The van der Waals surface area contributed by atoms with Crippen LogP contribution < -0.4 is 15.5 Å². The van der Waals surface area contributed by atoms with Crippen molar-refractivity contribution in [2.45, 2.75) is 25.7 Å². The minimum absolute atomic E-state index is 0.142. The second-order valence-electron chi connectivity index (χ2n) is 5.41. The summed E-state index contributed by atoms with van der Waals surface area (Å²) in [4.78, 5) is 26.2. The monoisotopic (exact) mass is 310 g/mol. The number of rotatable bonds is 6. The maximum Gasteiger partial charge on any atom is 0.231 e. The van der Waals surface area contributed by atoms with E-state index in [4.69, 9.17) is 11.6 Å². The zero-order chi connectivity index (χ0) is 14.7. The number of anilines is 2. The van der Waals surface area contributed by atoms with Crippen molar-refractivity contribution in [2.24, 2.45) is 5.92 Å². The van der Waals surface area contributed by atoms with Gasteiger partial charge in [-0.15, -0.1) is 0 Å². The van der Waals surface area contributed by atoms with Crippen LogP contribution in [0.3, 0.4) is 0 Å². The molecule has 8 heteroatoms. The standard InChI is InChI=1S/C13H19ClN6O/c14-11-17-12(16-6-5-15-10(21)9-3-4-9)19-13(18-11)20-7-1-2-8-20/h9H,1-8H2,(H,15,21)(H,16,17,18,19). The van der Waals surface area contributed by atoms with Gasteiger partial charge in [0.1, 0.15) is 0 Å². The SMILES string of the molecule is O=C(NCCNc1nc(Cl)nc(N2CCCC2)n1)C1CC1. The highest BCUT2D eigenvalue weighted by atomic mass is 35.5. The lowest BCUT2D eigenvalue weighted by Crippen LogP contribution is -2.30. The molecular weight excluding hydrogens is 292 g/mol. The van der Waals surface area contributed by atoms with Gasteiger partial charge in [0.05, 0.1) is 0 Å². The van der Waals surface area contributed by atoms with E-state index in [1.165, 1.54) is 0 Å². The third-order valence-corrected chi connectivity index (χ3v) is 3.81. The van der Waals surface area contributed by atoms with Crippen molar-refractivity contribution in [1.82, 2.24) is 20.3 Å². The smallest absolute Gasteiger partial charge is 0.231 e. The molecular formula is C13H19ClN6O. The maximum absolute atomic E-state index is 11.5. The summed E-state index contributed by atoms with van der Waals surface area (Å²) in [6.45, 7) is 3.03. The molecule has 7 nitrogen and oxygen atoms in total. The van der Waals surface area contributed by atoms with Crippen molar-refractivity contribution in [3.8, 4) is 0 Å². The van der Waals surface area contributed by atoms with Crippen LogP contribution in [0.4, 0.5) is 11.9 Å². The Hall–Kier alpha value is -1.63. The summed E-state index contributed by atoms with van der Waals surface area (Å²) in [7, 11) is 0. The fourth-order valence-electron chi connectivity index (χ4n) is 2.33. The second-order valence-corrected chi connectivity index (χ2v) is 5.75. The van der Waals surface area contributed by atoms with Gasteiger partial charge in [0.2, 0.25) is 23.1 Å². The lowest BCUT2D eigenvalue weighted by molar-refractivity contribution is -0.122. The first-order chi connectivity index (χ1) is 10.2. The van der Waals surface area contributed by atoms with E-state index in [1.54, 1.807) is 0 Å². The van der Waals surface area contributed by atoms with Crippen LogP contribution in [0.2, 0.25) is 5.28 Å². The van der Waals surface area contributed by atoms with E-state index < -0.39 is 0 Å². The van der Waals surface area contributed by atoms with Crippen LogP contribution in [-0.2, 0) is 4.79 Å². The summed E-state index contributed by atoms with van der Waals surface area (Å²) in [5.41, 5.74) is 0. The number of nitrogens with zero attached hydrogens (tertiary/aromatic N) is 4. The Morgan fingerprint density at radius 2 is 1.95 bits per heavy atom.